The zero-order chi connectivity index (χ0) is 25.9. The van der Waals surface area contributed by atoms with Gasteiger partial charge in [0.25, 0.3) is 17.7 Å². The van der Waals surface area contributed by atoms with E-state index < -0.39 is 27.0 Å². The highest BCUT2D eigenvalue weighted by Gasteiger charge is 2.40. The molecule has 1 unspecified atom stereocenters. The van der Waals surface area contributed by atoms with Gasteiger partial charge in [-0.3, -0.25) is 14.4 Å². The van der Waals surface area contributed by atoms with Crippen molar-refractivity contribution in [2.75, 3.05) is 26.2 Å². The predicted octanol–water partition coefficient (Wildman–Crippen LogP) is 2.76. The van der Waals surface area contributed by atoms with Gasteiger partial charge >= 0.3 is 0 Å². The molecule has 3 amide bonds. The number of halogens is 1. The summed E-state index contributed by atoms with van der Waals surface area (Å²) in [5.41, 5.74) is 1.31. The lowest BCUT2D eigenvalue weighted by molar-refractivity contribution is -0.132. The highest BCUT2D eigenvalue weighted by Crippen LogP contribution is 2.20. The molecule has 1 N–H and O–H groups in total. The van der Waals surface area contributed by atoms with Gasteiger partial charge in [0.15, 0.2) is 5.76 Å². The molecule has 1 saturated heterocycles. The minimum atomic E-state index is -4.29. The Hall–Kier alpha value is -3.63. The summed E-state index contributed by atoms with van der Waals surface area (Å²) in [7, 11) is -4.29. The second-order valence-corrected chi connectivity index (χ2v) is 10.8. The van der Waals surface area contributed by atoms with Gasteiger partial charge in [0.1, 0.15) is 0 Å². The molecular formula is C25H24ClN3O6S. The second-order valence-electron chi connectivity index (χ2n) is 8.31. The third kappa shape index (κ3) is 5.44. The minimum absolute atomic E-state index is 0.0947. The van der Waals surface area contributed by atoms with Gasteiger partial charge in [0, 0.05) is 36.8 Å². The van der Waals surface area contributed by atoms with E-state index in [-0.39, 0.29) is 42.7 Å². The third-order valence-corrected chi connectivity index (χ3v) is 7.98. The maximum absolute atomic E-state index is 13.5. The molecule has 4 rings (SSSR count). The van der Waals surface area contributed by atoms with Gasteiger partial charge in [0.05, 0.1) is 11.2 Å². The average molecular weight is 530 g/mol. The first-order valence-corrected chi connectivity index (χ1v) is 13.1. The SMILES string of the molecule is Cc1ccc(S(=O)(=O)C(NC(=O)c2ccco2)C(=O)N2CCN(C(=O)c3ccc(Cl)cc3)CC2)cc1. The van der Waals surface area contributed by atoms with Crippen LogP contribution in [-0.2, 0) is 14.6 Å². The summed E-state index contributed by atoms with van der Waals surface area (Å²) in [5, 5.41) is 0.979. The Labute approximate surface area is 213 Å². The second kappa shape index (κ2) is 10.5. The van der Waals surface area contributed by atoms with Crippen LogP contribution in [0, 0.1) is 6.92 Å². The van der Waals surface area contributed by atoms with Crippen LogP contribution in [-0.4, -0.2) is 67.5 Å². The molecule has 1 aromatic heterocycles. The van der Waals surface area contributed by atoms with Gasteiger partial charge < -0.3 is 19.5 Å². The fraction of sp³-hybridized carbons (Fsp3) is 0.240. The molecule has 1 aliphatic heterocycles. The predicted molar refractivity (Wildman–Crippen MR) is 132 cm³/mol. The summed E-state index contributed by atoms with van der Waals surface area (Å²) in [4.78, 5) is 41.7. The lowest BCUT2D eigenvalue weighted by Crippen LogP contribution is -2.57. The quantitative estimate of drug-likeness (QED) is 0.525. The molecule has 1 aliphatic rings. The average Bonchev–Trinajstić information content (AvgIpc) is 3.42. The number of carbonyl (C=O) groups is 3. The van der Waals surface area contributed by atoms with Gasteiger partial charge in [-0.2, -0.15) is 0 Å². The van der Waals surface area contributed by atoms with E-state index >= 15 is 0 Å². The Bertz CT molecular complexity index is 1350. The van der Waals surface area contributed by atoms with Crippen molar-refractivity contribution in [1.29, 1.82) is 0 Å². The smallest absolute Gasteiger partial charge is 0.288 e. The Morgan fingerprint density at radius 1 is 0.917 bits per heavy atom. The van der Waals surface area contributed by atoms with Crippen LogP contribution in [0.25, 0.3) is 0 Å². The zero-order valence-electron chi connectivity index (χ0n) is 19.4. The van der Waals surface area contributed by atoms with E-state index in [4.69, 9.17) is 16.0 Å². The van der Waals surface area contributed by atoms with Crippen LogP contribution in [0.15, 0.2) is 76.2 Å². The summed E-state index contributed by atoms with van der Waals surface area (Å²) >= 11 is 5.89. The molecule has 2 aromatic carbocycles. The van der Waals surface area contributed by atoms with Crippen molar-refractivity contribution < 1.29 is 27.2 Å². The number of hydrogen-bond donors (Lipinski definition) is 1. The van der Waals surface area contributed by atoms with E-state index in [1.807, 2.05) is 6.92 Å². The number of sulfone groups is 1. The van der Waals surface area contributed by atoms with E-state index in [2.05, 4.69) is 5.32 Å². The number of aryl methyl sites for hydroxylation is 1. The lowest BCUT2D eigenvalue weighted by Gasteiger charge is -2.36. The number of amides is 3. The van der Waals surface area contributed by atoms with Crippen LogP contribution in [0.4, 0.5) is 0 Å². The fourth-order valence-electron chi connectivity index (χ4n) is 3.80. The number of hydrogen-bond acceptors (Lipinski definition) is 6. The lowest BCUT2D eigenvalue weighted by atomic mass is 10.2. The molecule has 1 fully saturated rings. The number of nitrogens with one attached hydrogen (secondary N) is 1. The Morgan fingerprint density at radius 3 is 2.11 bits per heavy atom. The van der Waals surface area contributed by atoms with E-state index in [0.717, 1.165) is 5.56 Å². The summed E-state index contributed by atoms with van der Waals surface area (Å²) in [6.07, 6.45) is 1.27. The van der Waals surface area contributed by atoms with Crippen molar-refractivity contribution in [3.05, 3.63) is 88.8 Å². The van der Waals surface area contributed by atoms with Crippen molar-refractivity contribution in [2.24, 2.45) is 0 Å². The number of piperazine rings is 1. The van der Waals surface area contributed by atoms with Crippen LogP contribution in [0.5, 0.6) is 0 Å². The molecule has 0 saturated carbocycles. The van der Waals surface area contributed by atoms with Crippen LogP contribution in [0.2, 0.25) is 5.02 Å². The van der Waals surface area contributed by atoms with Gasteiger partial charge in [0.2, 0.25) is 15.2 Å². The van der Waals surface area contributed by atoms with Crippen LogP contribution < -0.4 is 5.32 Å². The van der Waals surface area contributed by atoms with Crippen molar-refractivity contribution in [1.82, 2.24) is 15.1 Å². The largest absolute Gasteiger partial charge is 0.459 e. The van der Waals surface area contributed by atoms with Crippen molar-refractivity contribution in [2.45, 2.75) is 17.2 Å². The molecule has 1 atom stereocenters. The molecule has 3 aromatic rings. The Balaban J connectivity index is 1.53. The number of nitrogens with zero attached hydrogens (tertiary/aromatic N) is 2. The molecule has 188 valence electrons. The number of carbonyl (C=O) groups excluding carboxylic acids is 3. The first-order chi connectivity index (χ1) is 17.2. The maximum atomic E-state index is 13.5. The summed E-state index contributed by atoms with van der Waals surface area (Å²) < 4.78 is 32.0. The highest BCUT2D eigenvalue weighted by molar-refractivity contribution is 7.92. The number of benzene rings is 2. The molecule has 0 bridgehead atoms. The van der Waals surface area contributed by atoms with Crippen LogP contribution >= 0.6 is 11.6 Å². The maximum Gasteiger partial charge on any atom is 0.288 e. The molecule has 0 aliphatic carbocycles. The summed E-state index contributed by atoms with van der Waals surface area (Å²) in [6, 6.07) is 15.4. The van der Waals surface area contributed by atoms with Crippen molar-refractivity contribution in [3.8, 4) is 0 Å². The first-order valence-electron chi connectivity index (χ1n) is 11.2. The van der Waals surface area contributed by atoms with E-state index in [0.29, 0.717) is 10.6 Å². The molecule has 2 heterocycles. The molecule has 0 radical (unpaired) electrons. The van der Waals surface area contributed by atoms with Crippen LogP contribution in [0.3, 0.4) is 0 Å². The summed E-state index contributed by atoms with van der Waals surface area (Å²) in [5.74, 6) is -1.95. The molecule has 36 heavy (non-hydrogen) atoms. The van der Waals surface area contributed by atoms with E-state index in [1.54, 1.807) is 41.3 Å². The monoisotopic (exact) mass is 529 g/mol. The molecule has 11 heteroatoms. The van der Waals surface area contributed by atoms with Gasteiger partial charge in [-0.15, -0.1) is 0 Å². The molecular weight excluding hydrogens is 506 g/mol. The normalized spacial score (nSPS) is 14.8. The molecule has 0 spiro atoms. The highest BCUT2D eigenvalue weighted by atomic mass is 35.5. The number of rotatable bonds is 6. The minimum Gasteiger partial charge on any atom is -0.459 e. The van der Waals surface area contributed by atoms with Gasteiger partial charge in [-0.05, 0) is 55.5 Å². The topological polar surface area (TPSA) is 117 Å². The van der Waals surface area contributed by atoms with Crippen LogP contribution in [0.1, 0.15) is 26.5 Å². The summed E-state index contributed by atoms with van der Waals surface area (Å²) in [6.45, 7) is 2.43. The zero-order valence-corrected chi connectivity index (χ0v) is 21.0. The van der Waals surface area contributed by atoms with E-state index in [9.17, 15) is 22.8 Å². The van der Waals surface area contributed by atoms with Gasteiger partial charge in [-0.25, -0.2) is 8.42 Å². The Kier molecular flexibility index (Phi) is 7.46. The standard InChI is InChI=1S/C25H24ClN3O6S/c1-17-4-10-20(11-5-17)36(33,34)23(27-22(30)21-3-2-16-35-21)25(32)29-14-12-28(13-15-29)24(31)18-6-8-19(26)9-7-18/h2-11,16,23H,12-15H2,1H3,(H,27,30). The first kappa shape index (κ1) is 25.5. The Morgan fingerprint density at radius 2 is 1.53 bits per heavy atom. The van der Waals surface area contributed by atoms with E-state index in [1.165, 1.54) is 35.4 Å². The van der Waals surface area contributed by atoms with Crippen molar-refractivity contribution in [3.63, 3.8) is 0 Å². The third-order valence-electron chi connectivity index (χ3n) is 5.86. The fourth-order valence-corrected chi connectivity index (χ4v) is 5.40. The van der Waals surface area contributed by atoms with Gasteiger partial charge in [-0.1, -0.05) is 29.3 Å². The molecule has 9 nitrogen and oxygen atoms in total. The number of furan rings is 1. The van der Waals surface area contributed by atoms with Crippen molar-refractivity contribution >= 4 is 39.2 Å².